The number of benzene rings is 1. The molecule has 3 aromatic carbocycles. The summed E-state index contributed by atoms with van der Waals surface area (Å²) in [5.41, 5.74) is 2.53. The largest absolute Gasteiger partial charge is 2.00 e. The molecule has 1 amide bonds. The van der Waals surface area contributed by atoms with E-state index in [0.29, 0.717) is 5.56 Å². The Hall–Kier alpha value is -2.04. The first-order valence-electron chi connectivity index (χ1n) is 9.49. The molecule has 3 aromatic rings. The SMILES string of the molecule is C=Cc1ccc(C(=O)N[c-]2cccc2SCN(CC)CC)cc1.[Fe+2].c1cc[cH-]c1. The fourth-order valence-corrected chi connectivity index (χ4v) is 3.62. The normalized spacial score (nSPS) is 9.90. The number of hydrogen-bond donors (Lipinski definition) is 1. The number of amides is 1. The minimum Gasteiger partial charge on any atom is -0.400 e. The van der Waals surface area contributed by atoms with Gasteiger partial charge in [0.1, 0.15) is 0 Å². The first kappa shape index (κ1) is 25.0. The molecule has 0 bridgehead atoms. The van der Waals surface area contributed by atoms with Gasteiger partial charge >= 0.3 is 17.1 Å². The Morgan fingerprint density at radius 1 is 1.14 bits per heavy atom. The van der Waals surface area contributed by atoms with Gasteiger partial charge in [0, 0.05) is 5.88 Å². The standard InChI is InChI=1S/C19H23N2OS.C5H5.Fe/c1-4-15-10-12-16(13-11-15)19(22)20-17-8-7-9-18(17)23-14-21(5-2)6-3;1-2-4-5-3-1;/h4,7-13H,1,5-6,14H2,2-3H3,(H,20,22);1-5H;/q2*-1;+2. The van der Waals surface area contributed by atoms with Gasteiger partial charge in [-0.15, -0.1) is 17.8 Å². The molecule has 0 aromatic heterocycles. The van der Waals surface area contributed by atoms with Crippen LogP contribution in [0.4, 0.5) is 5.69 Å². The second-order valence-corrected chi connectivity index (χ2v) is 7.11. The van der Waals surface area contributed by atoms with Crippen LogP contribution in [-0.2, 0) is 17.1 Å². The van der Waals surface area contributed by atoms with Crippen LogP contribution in [0.25, 0.3) is 6.08 Å². The summed E-state index contributed by atoms with van der Waals surface area (Å²) >= 11 is 1.75. The van der Waals surface area contributed by atoms with Crippen LogP contribution >= 0.6 is 11.8 Å². The number of carbonyl (C=O) groups excluding carboxylic acids is 1. The zero-order valence-electron chi connectivity index (χ0n) is 17.0. The van der Waals surface area contributed by atoms with Gasteiger partial charge in [0.2, 0.25) is 0 Å². The summed E-state index contributed by atoms with van der Waals surface area (Å²) < 4.78 is 0. The summed E-state index contributed by atoms with van der Waals surface area (Å²) in [6, 6.07) is 23.4. The Morgan fingerprint density at radius 2 is 1.79 bits per heavy atom. The molecule has 29 heavy (non-hydrogen) atoms. The Labute approximate surface area is 189 Å². The number of nitrogens with zero attached hydrogens (tertiary/aromatic N) is 1. The maximum atomic E-state index is 12.4. The van der Waals surface area contributed by atoms with Crippen LogP contribution in [0, 0.1) is 0 Å². The number of thioether (sulfide) groups is 1. The summed E-state index contributed by atoms with van der Waals surface area (Å²) in [6.45, 7) is 10.1. The molecule has 5 heteroatoms. The van der Waals surface area contributed by atoms with Crippen molar-refractivity contribution in [2.75, 3.05) is 24.3 Å². The van der Waals surface area contributed by atoms with Crippen molar-refractivity contribution in [2.45, 2.75) is 18.7 Å². The maximum absolute atomic E-state index is 12.4. The van der Waals surface area contributed by atoms with Gasteiger partial charge in [0.05, 0.1) is 0 Å². The van der Waals surface area contributed by atoms with Crippen molar-refractivity contribution in [3.05, 3.63) is 90.5 Å². The molecular weight excluding hydrogens is 420 g/mol. The summed E-state index contributed by atoms with van der Waals surface area (Å²) in [5.74, 6) is 0.838. The predicted molar refractivity (Wildman–Crippen MR) is 122 cm³/mol. The number of carbonyl (C=O) groups is 1. The van der Waals surface area contributed by atoms with Crippen molar-refractivity contribution in [2.24, 2.45) is 0 Å². The zero-order valence-corrected chi connectivity index (χ0v) is 18.9. The molecule has 0 heterocycles. The quantitative estimate of drug-likeness (QED) is 0.196. The second kappa shape index (κ2) is 14.0. The van der Waals surface area contributed by atoms with Gasteiger partial charge in [-0.3, -0.25) is 4.90 Å². The minimum atomic E-state index is -0.0866. The topological polar surface area (TPSA) is 32.3 Å². The van der Waals surface area contributed by atoms with Gasteiger partial charge in [-0.25, -0.2) is 12.1 Å². The molecule has 0 radical (unpaired) electrons. The van der Waals surface area contributed by atoms with Crippen molar-refractivity contribution in [1.29, 1.82) is 0 Å². The fourth-order valence-electron chi connectivity index (χ4n) is 2.49. The van der Waals surface area contributed by atoms with Gasteiger partial charge in [-0.05, 0) is 29.9 Å². The average Bonchev–Trinajstić information content (AvgIpc) is 3.44. The molecule has 3 rings (SSSR count). The first-order chi connectivity index (χ1) is 13.7. The molecule has 0 aliphatic rings. The number of anilines is 1. The van der Waals surface area contributed by atoms with Gasteiger partial charge in [-0.1, -0.05) is 55.7 Å². The first-order valence-corrected chi connectivity index (χ1v) is 10.5. The molecule has 154 valence electrons. The van der Waals surface area contributed by atoms with Crippen LogP contribution in [0.2, 0.25) is 0 Å². The molecule has 0 unspecified atom stereocenters. The van der Waals surface area contributed by atoms with E-state index in [1.165, 1.54) is 0 Å². The van der Waals surface area contributed by atoms with E-state index in [0.717, 1.165) is 35.1 Å². The van der Waals surface area contributed by atoms with E-state index in [9.17, 15) is 4.79 Å². The van der Waals surface area contributed by atoms with Crippen LogP contribution in [0.15, 0.2) is 84.3 Å². The van der Waals surface area contributed by atoms with E-state index in [1.54, 1.807) is 17.8 Å². The average molecular weight is 448 g/mol. The maximum Gasteiger partial charge on any atom is 2.00 e. The number of nitrogens with one attached hydrogen (secondary N) is 1. The van der Waals surface area contributed by atoms with E-state index < -0.39 is 0 Å². The van der Waals surface area contributed by atoms with E-state index in [-0.39, 0.29) is 23.0 Å². The molecule has 0 aliphatic heterocycles. The Bertz CT molecular complexity index is 804. The molecule has 0 aliphatic carbocycles. The van der Waals surface area contributed by atoms with Crippen molar-refractivity contribution >= 4 is 29.4 Å². The Balaban J connectivity index is 0.000000610. The molecule has 0 saturated carbocycles. The molecule has 3 nitrogen and oxygen atoms in total. The summed E-state index contributed by atoms with van der Waals surface area (Å²) in [6.07, 6.45) is 1.76. The van der Waals surface area contributed by atoms with Crippen molar-refractivity contribution in [3.8, 4) is 0 Å². The van der Waals surface area contributed by atoms with Gasteiger partial charge in [0.25, 0.3) is 0 Å². The van der Waals surface area contributed by atoms with Crippen molar-refractivity contribution < 1.29 is 21.9 Å². The molecule has 0 atom stereocenters. The third-order valence-corrected chi connectivity index (χ3v) is 5.45. The van der Waals surface area contributed by atoms with E-state index >= 15 is 0 Å². The van der Waals surface area contributed by atoms with Crippen LogP contribution in [0.1, 0.15) is 29.8 Å². The van der Waals surface area contributed by atoms with Crippen LogP contribution in [0.3, 0.4) is 0 Å². The smallest absolute Gasteiger partial charge is 0.400 e. The number of hydrogen-bond acceptors (Lipinski definition) is 3. The monoisotopic (exact) mass is 448 g/mol. The van der Waals surface area contributed by atoms with Gasteiger partial charge < -0.3 is 10.1 Å². The number of rotatable bonds is 8. The predicted octanol–water partition coefficient (Wildman–Crippen LogP) is 6.10. The minimum absolute atomic E-state index is 0. The van der Waals surface area contributed by atoms with Crippen LogP contribution in [-0.4, -0.2) is 29.8 Å². The van der Waals surface area contributed by atoms with Crippen molar-refractivity contribution in [3.63, 3.8) is 0 Å². The fraction of sp³-hybridized carbons (Fsp3) is 0.208. The second-order valence-electron chi connectivity index (χ2n) is 6.12. The zero-order chi connectivity index (χ0) is 20.2. The van der Waals surface area contributed by atoms with Gasteiger partial charge in [0.15, 0.2) is 5.91 Å². The summed E-state index contributed by atoms with van der Waals surface area (Å²) in [4.78, 5) is 15.8. The molecule has 0 fully saturated rings. The van der Waals surface area contributed by atoms with Crippen LogP contribution in [0.5, 0.6) is 0 Å². The molecular formula is C24H28FeN2OS. The molecule has 1 N–H and O–H groups in total. The van der Waals surface area contributed by atoms with Crippen molar-refractivity contribution in [1.82, 2.24) is 4.90 Å². The van der Waals surface area contributed by atoms with Crippen LogP contribution < -0.4 is 5.32 Å². The van der Waals surface area contributed by atoms with Gasteiger partial charge in [-0.2, -0.15) is 30.3 Å². The molecule has 0 spiro atoms. The van der Waals surface area contributed by atoms with E-state index in [2.05, 4.69) is 30.6 Å². The van der Waals surface area contributed by atoms with E-state index in [1.807, 2.05) is 72.8 Å². The summed E-state index contributed by atoms with van der Waals surface area (Å²) in [5, 5.41) is 3.00. The molecule has 0 saturated heterocycles. The third-order valence-electron chi connectivity index (χ3n) is 4.29. The Kier molecular flexibility index (Phi) is 12.1. The Morgan fingerprint density at radius 3 is 2.31 bits per heavy atom. The third kappa shape index (κ3) is 8.46. The summed E-state index contributed by atoms with van der Waals surface area (Å²) in [7, 11) is 0. The van der Waals surface area contributed by atoms with E-state index in [4.69, 9.17) is 0 Å².